The van der Waals surface area contributed by atoms with Crippen molar-refractivity contribution in [1.29, 1.82) is 0 Å². The van der Waals surface area contributed by atoms with E-state index in [2.05, 4.69) is 6.92 Å². The molecule has 0 aliphatic carbocycles. The first-order valence-electron chi connectivity index (χ1n) is 8.67. The lowest BCUT2D eigenvalue weighted by atomic mass is 9.99. The van der Waals surface area contributed by atoms with E-state index in [1.807, 2.05) is 4.90 Å². The Bertz CT molecular complexity index is 605. The third kappa shape index (κ3) is 4.26. The summed E-state index contributed by atoms with van der Waals surface area (Å²) in [5.74, 6) is 0.498. The molecule has 0 N–H and O–H groups in total. The zero-order valence-electron chi connectivity index (χ0n) is 14.3. The number of hydrogen-bond acceptors (Lipinski definition) is 3. The fraction of sp³-hybridized carbons (Fsp3) is 0.611. The molecule has 4 nitrogen and oxygen atoms in total. The van der Waals surface area contributed by atoms with Gasteiger partial charge in [0.2, 0.25) is 0 Å². The average molecular weight is 356 g/mol. The number of anilines is 1. The summed E-state index contributed by atoms with van der Waals surface area (Å²) in [5.41, 5.74) is -0.0992. The van der Waals surface area contributed by atoms with Gasteiger partial charge in [-0.3, -0.25) is 4.79 Å². The molecule has 1 aromatic rings. The van der Waals surface area contributed by atoms with Crippen LogP contribution >= 0.6 is 0 Å². The lowest BCUT2D eigenvalue weighted by molar-refractivity contribution is -0.148. The molecule has 1 amide bonds. The van der Waals surface area contributed by atoms with Crippen molar-refractivity contribution in [2.24, 2.45) is 5.92 Å². The van der Waals surface area contributed by atoms with Gasteiger partial charge in [0, 0.05) is 31.9 Å². The van der Waals surface area contributed by atoms with Crippen LogP contribution in [0, 0.1) is 5.92 Å². The van der Waals surface area contributed by atoms with Crippen LogP contribution in [0.25, 0.3) is 0 Å². The first-order valence-corrected chi connectivity index (χ1v) is 8.67. The molecule has 0 radical (unpaired) electrons. The van der Waals surface area contributed by atoms with E-state index in [9.17, 15) is 18.0 Å². The molecular formula is C18H23F3N2O2. The maximum absolute atomic E-state index is 12.9. The van der Waals surface area contributed by atoms with E-state index in [0.29, 0.717) is 44.4 Å². The van der Waals surface area contributed by atoms with Gasteiger partial charge in [0.05, 0.1) is 12.2 Å². The number of halogens is 3. The van der Waals surface area contributed by atoms with Gasteiger partial charge in [-0.2, -0.15) is 13.2 Å². The Labute approximate surface area is 145 Å². The lowest BCUT2D eigenvalue weighted by Gasteiger charge is -2.38. The second kappa shape index (κ2) is 7.23. The monoisotopic (exact) mass is 356 g/mol. The Hall–Kier alpha value is -1.76. The zero-order valence-corrected chi connectivity index (χ0v) is 14.3. The number of carbonyl (C=O) groups excluding carboxylic acids is 1. The number of piperazine rings is 1. The highest BCUT2D eigenvalue weighted by Crippen LogP contribution is 2.32. The molecule has 0 aromatic heterocycles. The van der Waals surface area contributed by atoms with Crippen molar-refractivity contribution in [3.05, 3.63) is 29.8 Å². The number of ether oxygens (including phenoxy) is 1. The van der Waals surface area contributed by atoms with Gasteiger partial charge in [-0.05, 0) is 37.0 Å². The number of benzene rings is 1. The van der Waals surface area contributed by atoms with Crippen molar-refractivity contribution in [2.75, 3.05) is 37.7 Å². The van der Waals surface area contributed by atoms with Gasteiger partial charge < -0.3 is 14.5 Å². The summed E-state index contributed by atoms with van der Waals surface area (Å²) in [4.78, 5) is 16.2. The van der Waals surface area contributed by atoms with Gasteiger partial charge in [0.1, 0.15) is 6.10 Å². The van der Waals surface area contributed by atoms with E-state index in [-0.39, 0.29) is 12.0 Å². The fourth-order valence-corrected chi connectivity index (χ4v) is 3.35. The van der Waals surface area contributed by atoms with E-state index in [4.69, 9.17) is 4.74 Å². The highest BCUT2D eigenvalue weighted by molar-refractivity contribution is 5.81. The maximum Gasteiger partial charge on any atom is 0.416 e. The number of carbonyl (C=O) groups is 1. The SMILES string of the molecule is CC1CCC(C(=O)N2CCN(c3cccc(C(F)(F)F)c3)CC2)OC1. The van der Waals surface area contributed by atoms with Crippen LogP contribution in [-0.4, -0.2) is 49.7 Å². The van der Waals surface area contributed by atoms with Crippen molar-refractivity contribution in [1.82, 2.24) is 4.90 Å². The van der Waals surface area contributed by atoms with Gasteiger partial charge in [-0.15, -0.1) is 0 Å². The predicted octanol–water partition coefficient (Wildman–Crippen LogP) is 3.17. The van der Waals surface area contributed by atoms with Crippen molar-refractivity contribution >= 4 is 11.6 Å². The molecule has 2 aliphatic rings. The number of rotatable bonds is 2. The third-order valence-electron chi connectivity index (χ3n) is 4.91. The Morgan fingerprint density at radius 3 is 2.48 bits per heavy atom. The molecule has 138 valence electrons. The molecule has 0 bridgehead atoms. The van der Waals surface area contributed by atoms with E-state index < -0.39 is 11.7 Å². The molecule has 7 heteroatoms. The van der Waals surface area contributed by atoms with Gasteiger partial charge in [0.15, 0.2) is 0 Å². The van der Waals surface area contributed by atoms with Crippen LogP contribution in [-0.2, 0) is 15.7 Å². The Kier molecular flexibility index (Phi) is 5.22. The fourth-order valence-electron chi connectivity index (χ4n) is 3.35. The summed E-state index contributed by atoms with van der Waals surface area (Å²) < 4.78 is 44.2. The van der Waals surface area contributed by atoms with Crippen LogP contribution in [0.15, 0.2) is 24.3 Å². The largest absolute Gasteiger partial charge is 0.416 e. The minimum absolute atomic E-state index is 0.00981. The van der Waals surface area contributed by atoms with Crippen molar-refractivity contribution in [2.45, 2.75) is 32.0 Å². The molecule has 25 heavy (non-hydrogen) atoms. The smallest absolute Gasteiger partial charge is 0.368 e. The Morgan fingerprint density at radius 2 is 1.88 bits per heavy atom. The van der Waals surface area contributed by atoms with Crippen LogP contribution in [0.5, 0.6) is 0 Å². The molecule has 2 fully saturated rings. The topological polar surface area (TPSA) is 32.8 Å². The Morgan fingerprint density at radius 1 is 1.16 bits per heavy atom. The van der Waals surface area contributed by atoms with Gasteiger partial charge >= 0.3 is 6.18 Å². The molecule has 0 saturated carbocycles. The minimum Gasteiger partial charge on any atom is -0.368 e. The van der Waals surface area contributed by atoms with E-state index in [1.165, 1.54) is 12.1 Å². The average Bonchev–Trinajstić information content (AvgIpc) is 2.61. The van der Waals surface area contributed by atoms with Crippen LogP contribution in [0.2, 0.25) is 0 Å². The Balaban J connectivity index is 1.58. The summed E-state index contributed by atoms with van der Waals surface area (Å²) in [5, 5.41) is 0. The van der Waals surface area contributed by atoms with Gasteiger partial charge in [-0.1, -0.05) is 13.0 Å². The standard InChI is InChI=1S/C18H23F3N2O2/c1-13-5-6-16(25-12-13)17(24)23-9-7-22(8-10-23)15-4-2-3-14(11-15)18(19,20)21/h2-4,11,13,16H,5-10,12H2,1H3. The van der Waals surface area contributed by atoms with Crippen molar-refractivity contribution in [3.63, 3.8) is 0 Å². The van der Waals surface area contributed by atoms with Crippen molar-refractivity contribution < 1.29 is 22.7 Å². The first kappa shape index (κ1) is 18.0. The highest BCUT2D eigenvalue weighted by Gasteiger charge is 2.33. The molecule has 2 saturated heterocycles. The van der Waals surface area contributed by atoms with Crippen molar-refractivity contribution in [3.8, 4) is 0 Å². The number of alkyl halides is 3. The molecule has 2 aliphatic heterocycles. The second-order valence-electron chi connectivity index (χ2n) is 6.86. The maximum atomic E-state index is 12.9. The second-order valence-corrected chi connectivity index (χ2v) is 6.86. The number of nitrogens with zero attached hydrogens (tertiary/aromatic N) is 2. The molecule has 0 spiro atoms. The number of hydrogen-bond donors (Lipinski definition) is 0. The summed E-state index contributed by atoms with van der Waals surface area (Å²) in [6.45, 7) is 4.77. The van der Waals surface area contributed by atoms with E-state index in [0.717, 1.165) is 18.9 Å². The molecule has 1 aromatic carbocycles. The first-order chi connectivity index (χ1) is 11.8. The van der Waals surface area contributed by atoms with Gasteiger partial charge in [0.25, 0.3) is 5.91 Å². The summed E-state index contributed by atoms with van der Waals surface area (Å²) in [6.07, 6.45) is -2.98. The summed E-state index contributed by atoms with van der Waals surface area (Å²) in [6, 6.07) is 5.35. The molecule has 2 heterocycles. The molecule has 2 atom stereocenters. The third-order valence-corrected chi connectivity index (χ3v) is 4.91. The quantitative estimate of drug-likeness (QED) is 0.816. The van der Waals surface area contributed by atoms with Crippen LogP contribution in [0.3, 0.4) is 0 Å². The number of amides is 1. The lowest BCUT2D eigenvalue weighted by Crippen LogP contribution is -2.52. The normalized spacial score (nSPS) is 25.1. The molecule has 2 unspecified atom stereocenters. The van der Waals surface area contributed by atoms with Gasteiger partial charge in [-0.25, -0.2) is 0 Å². The summed E-state index contributed by atoms with van der Waals surface area (Å²) >= 11 is 0. The summed E-state index contributed by atoms with van der Waals surface area (Å²) in [7, 11) is 0. The van der Waals surface area contributed by atoms with Crippen LogP contribution < -0.4 is 4.90 Å². The molecular weight excluding hydrogens is 333 g/mol. The van der Waals surface area contributed by atoms with E-state index in [1.54, 1.807) is 11.0 Å². The van der Waals surface area contributed by atoms with Crippen LogP contribution in [0.1, 0.15) is 25.3 Å². The minimum atomic E-state index is -4.34. The van der Waals surface area contributed by atoms with E-state index >= 15 is 0 Å². The zero-order chi connectivity index (χ0) is 18.0. The highest BCUT2D eigenvalue weighted by atomic mass is 19.4. The predicted molar refractivity (Wildman–Crippen MR) is 88.4 cm³/mol. The molecule has 3 rings (SSSR count). The van der Waals surface area contributed by atoms with Crippen LogP contribution in [0.4, 0.5) is 18.9 Å².